The maximum atomic E-state index is 12.4. The van der Waals surface area contributed by atoms with Crippen molar-refractivity contribution in [1.82, 2.24) is 24.9 Å². The highest BCUT2D eigenvalue weighted by Crippen LogP contribution is 2.20. The highest BCUT2D eigenvalue weighted by atomic mass is 16.5. The average Bonchev–Trinajstić information content (AvgIpc) is 3.22. The average molecular weight is 371 g/mol. The van der Waals surface area contributed by atoms with Crippen LogP contribution < -0.4 is 9.80 Å². The zero-order valence-electron chi connectivity index (χ0n) is 15.8. The first-order valence-corrected chi connectivity index (χ1v) is 9.34. The summed E-state index contributed by atoms with van der Waals surface area (Å²) in [6.07, 6.45) is 1.49. The molecule has 2 saturated heterocycles. The summed E-state index contributed by atoms with van der Waals surface area (Å²) >= 11 is 0. The van der Waals surface area contributed by atoms with E-state index in [0.29, 0.717) is 26.2 Å². The van der Waals surface area contributed by atoms with E-state index in [0.717, 1.165) is 43.6 Å². The highest BCUT2D eigenvalue weighted by molar-refractivity contribution is 5.91. The Morgan fingerprint density at radius 1 is 1.00 bits per heavy atom. The third-order valence-electron chi connectivity index (χ3n) is 5.15. The molecule has 27 heavy (non-hydrogen) atoms. The van der Waals surface area contributed by atoms with Gasteiger partial charge in [0.25, 0.3) is 5.91 Å². The fourth-order valence-corrected chi connectivity index (χ4v) is 3.47. The van der Waals surface area contributed by atoms with Crippen LogP contribution in [0, 0.1) is 6.92 Å². The molecule has 0 aliphatic carbocycles. The van der Waals surface area contributed by atoms with Gasteiger partial charge in [-0.25, -0.2) is 4.98 Å². The van der Waals surface area contributed by atoms with Gasteiger partial charge in [-0.1, -0.05) is 5.16 Å². The largest absolute Gasteiger partial charge is 0.354 e. The molecule has 1 amide bonds. The number of amides is 1. The summed E-state index contributed by atoms with van der Waals surface area (Å²) in [5.74, 6) is 1.91. The van der Waals surface area contributed by atoms with Crippen LogP contribution >= 0.6 is 0 Å². The Bertz CT molecular complexity index is 779. The van der Waals surface area contributed by atoms with E-state index >= 15 is 0 Å². The number of rotatable bonds is 3. The predicted molar refractivity (Wildman–Crippen MR) is 101 cm³/mol. The molecule has 9 nitrogen and oxygen atoms in total. The molecule has 9 heteroatoms. The summed E-state index contributed by atoms with van der Waals surface area (Å²) < 4.78 is 4.98. The zero-order valence-corrected chi connectivity index (χ0v) is 15.8. The Balaban J connectivity index is 1.43. The minimum atomic E-state index is -0.115. The quantitative estimate of drug-likeness (QED) is 0.771. The number of carbonyl (C=O) groups is 1. The second kappa shape index (κ2) is 7.51. The van der Waals surface area contributed by atoms with Crippen molar-refractivity contribution in [1.29, 1.82) is 0 Å². The van der Waals surface area contributed by atoms with Gasteiger partial charge in [-0.05, 0) is 14.0 Å². The van der Waals surface area contributed by atoms with Gasteiger partial charge >= 0.3 is 0 Å². The van der Waals surface area contributed by atoms with Crippen molar-refractivity contribution in [3.63, 3.8) is 0 Å². The lowest BCUT2D eigenvalue weighted by Crippen LogP contribution is -2.49. The Morgan fingerprint density at radius 3 is 2.37 bits per heavy atom. The summed E-state index contributed by atoms with van der Waals surface area (Å²) in [6.45, 7) is 8.67. The van der Waals surface area contributed by atoms with Crippen LogP contribution in [0.2, 0.25) is 0 Å². The molecular weight excluding hydrogens is 346 g/mol. The van der Waals surface area contributed by atoms with Crippen LogP contribution in [-0.2, 0) is 0 Å². The molecule has 2 aromatic rings. The standard InChI is InChI=1S/C18H25N7O2/c1-14-13-16(23-7-5-22(2)6-8-23)21-18(20-14)25-11-9-24(10-12-25)17(26)15-3-4-19-27-15/h3-4,13H,5-12H2,1-2H3. The summed E-state index contributed by atoms with van der Waals surface area (Å²) in [5, 5.41) is 3.61. The van der Waals surface area contributed by atoms with E-state index in [2.05, 4.69) is 38.0 Å². The number of carbonyl (C=O) groups excluding carboxylic acids is 1. The number of nitrogens with zero attached hydrogens (tertiary/aromatic N) is 7. The van der Waals surface area contributed by atoms with E-state index in [1.54, 1.807) is 11.0 Å². The van der Waals surface area contributed by atoms with Crippen molar-refractivity contribution < 1.29 is 9.32 Å². The maximum absolute atomic E-state index is 12.4. The number of hydrogen-bond donors (Lipinski definition) is 0. The molecule has 4 heterocycles. The Hall–Kier alpha value is -2.68. The first-order valence-electron chi connectivity index (χ1n) is 9.34. The third-order valence-corrected chi connectivity index (χ3v) is 5.15. The lowest BCUT2D eigenvalue weighted by molar-refractivity contribution is 0.0704. The normalized spacial score (nSPS) is 18.8. The Kier molecular flexibility index (Phi) is 4.93. The van der Waals surface area contributed by atoms with E-state index in [1.807, 2.05) is 6.92 Å². The Labute approximate surface area is 158 Å². The lowest BCUT2D eigenvalue weighted by atomic mass is 10.3. The zero-order chi connectivity index (χ0) is 18.8. The fourth-order valence-electron chi connectivity index (χ4n) is 3.47. The van der Waals surface area contributed by atoms with Gasteiger partial charge in [0.2, 0.25) is 11.7 Å². The topological polar surface area (TPSA) is 81.8 Å². The first kappa shape index (κ1) is 17.7. The van der Waals surface area contributed by atoms with Gasteiger partial charge in [0.05, 0.1) is 6.20 Å². The minimum absolute atomic E-state index is 0.115. The van der Waals surface area contributed by atoms with E-state index in [1.165, 1.54) is 6.20 Å². The van der Waals surface area contributed by atoms with Crippen LogP contribution in [0.25, 0.3) is 0 Å². The van der Waals surface area contributed by atoms with Crippen molar-refractivity contribution >= 4 is 17.7 Å². The van der Waals surface area contributed by atoms with E-state index in [9.17, 15) is 4.79 Å². The smallest absolute Gasteiger partial charge is 0.292 e. The number of aryl methyl sites for hydroxylation is 1. The molecule has 2 fully saturated rings. The summed E-state index contributed by atoms with van der Waals surface area (Å²) in [4.78, 5) is 30.4. The van der Waals surface area contributed by atoms with Crippen molar-refractivity contribution in [2.24, 2.45) is 0 Å². The van der Waals surface area contributed by atoms with Crippen LogP contribution in [0.1, 0.15) is 16.2 Å². The van der Waals surface area contributed by atoms with E-state index in [4.69, 9.17) is 9.51 Å². The molecule has 0 radical (unpaired) electrons. The molecule has 0 atom stereocenters. The first-order chi connectivity index (χ1) is 13.1. The molecule has 4 rings (SSSR count). The van der Waals surface area contributed by atoms with Crippen molar-refractivity contribution in [2.45, 2.75) is 6.92 Å². The molecule has 2 aliphatic rings. The van der Waals surface area contributed by atoms with Crippen LogP contribution in [0.4, 0.5) is 11.8 Å². The second-order valence-electron chi connectivity index (χ2n) is 7.11. The molecule has 2 aliphatic heterocycles. The molecular formula is C18H25N7O2. The van der Waals surface area contributed by atoms with Crippen molar-refractivity contribution in [3.8, 4) is 0 Å². The Morgan fingerprint density at radius 2 is 1.70 bits per heavy atom. The lowest BCUT2D eigenvalue weighted by Gasteiger charge is -2.36. The number of hydrogen-bond acceptors (Lipinski definition) is 8. The van der Waals surface area contributed by atoms with Gasteiger partial charge < -0.3 is 24.1 Å². The van der Waals surface area contributed by atoms with Crippen LogP contribution in [0.3, 0.4) is 0 Å². The van der Waals surface area contributed by atoms with Crippen LogP contribution in [-0.4, -0.2) is 90.2 Å². The van der Waals surface area contributed by atoms with Crippen LogP contribution in [0.5, 0.6) is 0 Å². The van der Waals surface area contributed by atoms with Crippen LogP contribution in [0.15, 0.2) is 22.9 Å². The predicted octanol–water partition coefficient (Wildman–Crippen LogP) is 0.487. The monoisotopic (exact) mass is 371 g/mol. The number of piperazine rings is 2. The van der Waals surface area contributed by atoms with Gasteiger partial charge in [-0.2, -0.15) is 4.98 Å². The SMILES string of the molecule is Cc1cc(N2CCN(C)CC2)nc(N2CCN(C(=O)c3ccno3)CC2)n1. The van der Waals surface area contributed by atoms with Gasteiger partial charge in [-0.15, -0.1) is 0 Å². The molecule has 0 saturated carbocycles. The third kappa shape index (κ3) is 3.87. The highest BCUT2D eigenvalue weighted by Gasteiger charge is 2.26. The summed E-state index contributed by atoms with van der Waals surface area (Å²) in [6, 6.07) is 3.65. The maximum Gasteiger partial charge on any atom is 0.292 e. The van der Waals surface area contributed by atoms with E-state index in [-0.39, 0.29) is 11.7 Å². The molecule has 144 valence electrons. The summed E-state index contributed by atoms with van der Waals surface area (Å²) in [5.41, 5.74) is 0.967. The summed E-state index contributed by atoms with van der Waals surface area (Å²) in [7, 11) is 2.15. The molecule has 0 unspecified atom stereocenters. The molecule has 2 aromatic heterocycles. The van der Waals surface area contributed by atoms with Gasteiger partial charge in [0.1, 0.15) is 5.82 Å². The molecule has 0 N–H and O–H groups in total. The number of aromatic nitrogens is 3. The molecule has 0 bridgehead atoms. The second-order valence-corrected chi connectivity index (χ2v) is 7.11. The van der Waals surface area contributed by atoms with Crippen molar-refractivity contribution in [2.75, 3.05) is 69.2 Å². The van der Waals surface area contributed by atoms with Gasteiger partial charge in [0.15, 0.2) is 0 Å². The minimum Gasteiger partial charge on any atom is -0.354 e. The number of anilines is 2. The molecule has 0 aromatic carbocycles. The fraction of sp³-hybridized carbons (Fsp3) is 0.556. The molecule has 0 spiro atoms. The van der Waals surface area contributed by atoms with E-state index < -0.39 is 0 Å². The van der Waals surface area contributed by atoms with Gasteiger partial charge in [0, 0.05) is 70.2 Å². The van der Waals surface area contributed by atoms with Gasteiger partial charge in [-0.3, -0.25) is 4.79 Å². The number of likely N-dealkylation sites (N-methyl/N-ethyl adjacent to an activating group) is 1. The van der Waals surface area contributed by atoms with Crippen molar-refractivity contribution in [3.05, 3.63) is 29.8 Å².